The monoisotopic (exact) mass is 328 g/mol. The molecule has 1 aromatic carbocycles. The highest BCUT2D eigenvalue weighted by molar-refractivity contribution is 5.98. The van der Waals surface area contributed by atoms with Crippen LogP contribution in [-0.4, -0.2) is 54.4 Å². The summed E-state index contributed by atoms with van der Waals surface area (Å²) in [5, 5.41) is 6.23. The van der Waals surface area contributed by atoms with E-state index >= 15 is 0 Å². The molecule has 7 nitrogen and oxygen atoms in total. The minimum Gasteiger partial charge on any atom is -0.360 e. The Bertz CT molecular complexity index is 807. The van der Waals surface area contributed by atoms with E-state index in [1.807, 2.05) is 6.07 Å². The number of H-pyrrole nitrogens is 1. The molecule has 1 saturated heterocycles. The van der Waals surface area contributed by atoms with Crippen molar-refractivity contribution < 1.29 is 9.59 Å². The number of carbonyl (C=O) groups excluding carboxylic acids is 2. The highest BCUT2D eigenvalue weighted by Crippen LogP contribution is 2.06. The van der Waals surface area contributed by atoms with Gasteiger partial charge in [0.05, 0.1) is 6.54 Å². The molecule has 0 radical (unpaired) electrons. The molecule has 2 heterocycles. The first-order valence-corrected chi connectivity index (χ1v) is 8.04. The number of hydrogen-bond donors (Lipinski definition) is 3. The molecule has 1 fully saturated rings. The molecule has 0 bridgehead atoms. The predicted octanol–water partition coefficient (Wildman–Crippen LogP) is 0.0798. The second-order valence-corrected chi connectivity index (χ2v) is 5.74. The van der Waals surface area contributed by atoms with Gasteiger partial charge in [0.15, 0.2) is 0 Å². The average molecular weight is 328 g/mol. The number of rotatable bonds is 3. The van der Waals surface area contributed by atoms with Crippen LogP contribution in [0.3, 0.4) is 0 Å². The SMILES string of the molecule is O=C(NCC(=O)N1CCCNCC1)c1c[nH]c2ccccc2c1=O. The zero-order valence-electron chi connectivity index (χ0n) is 13.3. The third kappa shape index (κ3) is 3.46. The Hall–Kier alpha value is -2.67. The summed E-state index contributed by atoms with van der Waals surface area (Å²) in [6, 6.07) is 7.00. The van der Waals surface area contributed by atoms with Crippen molar-refractivity contribution in [2.75, 3.05) is 32.7 Å². The van der Waals surface area contributed by atoms with Crippen molar-refractivity contribution in [2.45, 2.75) is 6.42 Å². The largest absolute Gasteiger partial charge is 0.360 e. The van der Waals surface area contributed by atoms with Crippen LogP contribution in [0, 0.1) is 0 Å². The van der Waals surface area contributed by atoms with Crippen LogP contribution < -0.4 is 16.1 Å². The number of fused-ring (bicyclic) bond motifs is 1. The maximum atomic E-state index is 12.4. The van der Waals surface area contributed by atoms with Gasteiger partial charge < -0.3 is 20.5 Å². The Morgan fingerprint density at radius 2 is 2.00 bits per heavy atom. The number of aromatic amines is 1. The Morgan fingerprint density at radius 3 is 2.88 bits per heavy atom. The van der Waals surface area contributed by atoms with Crippen molar-refractivity contribution in [2.24, 2.45) is 0 Å². The van der Waals surface area contributed by atoms with Crippen LogP contribution in [0.5, 0.6) is 0 Å². The molecule has 0 aliphatic carbocycles. The number of amides is 2. The Balaban J connectivity index is 1.68. The molecule has 7 heteroatoms. The first-order valence-electron chi connectivity index (χ1n) is 8.04. The number of benzene rings is 1. The van der Waals surface area contributed by atoms with Crippen LogP contribution in [0.15, 0.2) is 35.3 Å². The topological polar surface area (TPSA) is 94.3 Å². The summed E-state index contributed by atoms with van der Waals surface area (Å²) in [6.07, 6.45) is 2.28. The molecular formula is C17H20N4O3. The van der Waals surface area contributed by atoms with E-state index in [1.54, 1.807) is 23.1 Å². The predicted molar refractivity (Wildman–Crippen MR) is 91.0 cm³/mol. The molecule has 3 N–H and O–H groups in total. The standard InChI is InChI=1S/C17H20N4O3/c22-15(21-8-3-6-18-7-9-21)11-20-17(24)13-10-19-14-5-2-1-4-12(14)16(13)23/h1-2,4-5,10,18H,3,6-9,11H2,(H,19,23)(H,20,24). The lowest BCUT2D eigenvalue weighted by Gasteiger charge is -2.20. The Morgan fingerprint density at radius 1 is 1.17 bits per heavy atom. The maximum Gasteiger partial charge on any atom is 0.257 e. The van der Waals surface area contributed by atoms with Crippen LogP contribution in [0.2, 0.25) is 0 Å². The maximum absolute atomic E-state index is 12.4. The summed E-state index contributed by atoms with van der Waals surface area (Å²) in [7, 11) is 0. The van der Waals surface area contributed by atoms with E-state index in [9.17, 15) is 14.4 Å². The Kier molecular flexibility index (Phi) is 4.90. The minimum atomic E-state index is -0.539. The van der Waals surface area contributed by atoms with Gasteiger partial charge in [-0.25, -0.2) is 0 Å². The van der Waals surface area contributed by atoms with Gasteiger partial charge in [0, 0.05) is 36.7 Å². The van der Waals surface area contributed by atoms with E-state index in [1.165, 1.54) is 6.20 Å². The van der Waals surface area contributed by atoms with Gasteiger partial charge in [-0.1, -0.05) is 12.1 Å². The summed E-state index contributed by atoms with van der Waals surface area (Å²) >= 11 is 0. The van der Waals surface area contributed by atoms with E-state index in [0.29, 0.717) is 24.0 Å². The second kappa shape index (κ2) is 7.27. The fourth-order valence-corrected chi connectivity index (χ4v) is 2.79. The van der Waals surface area contributed by atoms with Crippen LogP contribution >= 0.6 is 0 Å². The fraction of sp³-hybridized carbons (Fsp3) is 0.353. The van der Waals surface area contributed by atoms with E-state index in [4.69, 9.17) is 0 Å². The smallest absolute Gasteiger partial charge is 0.257 e. The lowest BCUT2D eigenvalue weighted by molar-refractivity contribution is -0.129. The minimum absolute atomic E-state index is 0.0130. The molecule has 2 amide bonds. The number of nitrogens with zero attached hydrogens (tertiary/aromatic N) is 1. The molecular weight excluding hydrogens is 308 g/mol. The molecule has 1 aromatic heterocycles. The summed E-state index contributed by atoms with van der Waals surface area (Å²) in [6.45, 7) is 2.85. The van der Waals surface area contributed by atoms with E-state index in [2.05, 4.69) is 15.6 Å². The van der Waals surface area contributed by atoms with Gasteiger partial charge in [0.25, 0.3) is 5.91 Å². The quantitative estimate of drug-likeness (QED) is 0.744. The molecule has 0 spiro atoms. The number of pyridine rings is 1. The van der Waals surface area contributed by atoms with Crippen molar-refractivity contribution >= 4 is 22.7 Å². The number of carbonyl (C=O) groups is 2. The van der Waals surface area contributed by atoms with Crippen molar-refractivity contribution in [1.82, 2.24) is 20.5 Å². The summed E-state index contributed by atoms with van der Waals surface area (Å²) in [4.78, 5) is 41.5. The molecule has 0 atom stereocenters. The lowest BCUT2D eigenvalue weighted by Crippen LogP contribution is -2.42. The zero-order valence-corrected chi connectivity index (χ0v) is 13.3. The molecule has 126 valence electrons. The van der Waals surface area contributed by atoms with Crippen LogP contribution in [0.4, 0.5) is 0 Å². The molecule has 3 rings (SSSR count). The zero-order chi connectivity index (χ0) is 16.9. The Labute approximate surface area is 139 Å². The number of nitrogens with one attached hydrogen (secondary N) is 3. The van der Waals surface area contributed by atoms with Gasteiger partial charge >= 0.3 is 0 Å². The van der Waals surface area contributed by atoms with Crippen molar-refractivity contribution in [3.8, 4) is 0 Å². The average Bonchev–Trinajstić information content (AvgIpc) is 2.89. The van der Waals surface area contributed by atoms with Gasteiger partial charge in [-0.2, -0.15) is 0 Å². The number of aromatic nitrogens is 1. The van der Waals surface area contributed by atoms with E-state index in [-0.39, 0.29) is 23.4 Å². The third-order valence-corrected chi connectivity index (χ3v) is 4.13. The van der Waals surface area contributed by atoms with Crippen molar-refractivity contribution in [1.29, 1.82) is 0 Å². The van der Waals surface area contributed by atoms with Gasteiger partial charge in [0.2, 0.25) is 11.3 Å². The number of para-hydroxylation sites is 1. The van der Waals surface area contributed by atoms with Gasteiger partial charge in [0.1, 0.15) is 5.56 Å². The summed E-state index contributed by atoms with van der Waals surface area (Å²) < 4.78 is 0. The molecule has 24 heavy (non-hydrogen) atoms. The molecule has 0 saturated carbocycles. The molecule has 0 unspecified atom stereocenters. The molecule has 1 aliphatic heterocycles. The summed E-state index contributed by atoms with van der Waals surface area (Å²) in [5.41, 5.74) is 0.347. The number of hydrogen-bond acceptors (Lipinski definition) is 4. The fourth-order valence-electron chi connectivity index (χ4n) is 2.79. The van der Waals surface area contributed by atoms with Gasteiger partial charge in [-0.05, 0) is 25.1 Å². The molecule has 1 aliphatic rings. The lowest BCUT2D eigenvalue weighted by atomic mass is 10.1. The van der Waals surface area contributed by atoms with Crippen LogP contribution in [0.1, 0.15) is 16.8 Å². The van der Waals surface area contributed by atoms with E-state index < -0.39 is 5.91 Å². The van der Waals surface area contributed by atoms with Crippen LogP contribution in [-0.2, 0) is 4.79 Å². The van der Waals surface area contributed by atoms with E-state index in [0.717, 1.165) is 19.5 Å². The first-order chi connectivity index (χ1) is 11.7. The van der Waals surface area contributed by atoms with Crippen LogP contribution in [0.25, 0.3) is 10.9 Å². The van der Waals surface area contributed by atoms with Gasteiger partial charge in [-0.15, -0.1) is 0 Å². The van der Waals surface area contributed by atoms with Crippen molar-refractivity contribution in [3.63, 3.8) is 0 Å². The third-order valence-electron chi connectivity index (χ3n) is 4.13. The second-order valence-electron chi connectivity index (χ2n) is 5.74. The summed E-state index contributed by atoms with van der Waals surface area (Å²) in [5.74, 6) is -0.674. The normalized spacial score (nSPS) is 15.1. The van der Waals surface area contributed by atoms with Crippen molar-refractivity contribution in [3.05, 3.63) is 46.2 Å². The highest BCUT2D eigenvalue weighted by atomic mass is 16.2. The first kappa shape index (κ1) is 16.2. The van der Waals surface area contributed by atoms with Gasteiger partial charge in [-0.3, -0.25) is 14.4 Å². The molecule has 2 aromatic rings. The highest BCUT2D eigenvalue weighted by Gasteiger charge is 2.18.